The van der Waals surface area contributed by atoms with Crippen molar-refractivity contribution in [1.82, 2.24) is 14.8 Å². The van der Waals surface area contributed by atoms with E-state index >= 15 is 0 Å². The van der Waals surface area contributed by atoms with Gasteiger partial charge in [0.25, 0.3) is 5.91 Å². The van der Waals surface area contributed by atoms with Crippen LogP contribution in [0.5, 0.6) is 0 Å². The minimum absolute atomic E-state index is 0.185. The molecule has 4 aromatic rings. The molecule has 0 aliphatic heterocycles. The third-order valence-corrected chi connectivity index (χ3v) is 4.36. The first-order valence-electron chi connectivity index (χ1n) is 9.33. The lowest BCUT2D eigenvalue weighted by molar-refractivity contribution is 0.102. The van der Waals surface area contributed by atoms with Crippen molar-refractivity contribution in [3.05, 3.63) is 114 Å². The smallest absolute Gasteiger partial charge is 0.258 e. The van der Waals surface area contributed by atoms with Crippen LogP contribution in [0.3, 0.4) is 0 Å². The molecule has 0 saturated carbocycles. The Morgan fingerprint density at radius 1 is 0.966 bits per heavy atom. The first-order valence-corrected chi connectivity index (χ1v) is 9.33. The molecular formula is C24H20N4O. The molecule has 0 spiro atoms. The zero-order valence-corrected chi connectivity index (χ0v) is 15.8. The number of anilines is 1. The summed E-state index contributed by atoms with van der Waals surface area (Å²) < 4.78 is 1.76. The second-order valence-electron chi connectivity index (χ2n) is 6.58. The molecule has 0 bridgehead atoms. The van der Waals surface area contributed by atoms with E-state index in [-0.39, 0.29) is 5.91 Å². The normalized spacial score (nSPS) is 10.9. The van der Waals surface area contributed by atoms with E-state index < -0.39 is 0 Å². The third-order valence-electron chi connectivity index (χ3n) is 4.36. The number of aromatic nitrogens is 3. The highest BCUT2D eigenvalue weighted by Crippen LogP contribution is 2.15. The van der Waals surface area contributed by atoms with Gasteiger partial charge in [0, 0.05) is 18.1 Å². The molecule has 0 saturated heterocycles. The molecule has 142 valence electrons. The Morgan fingerprint density at radius 2 is 1.83 bits per heavy atom. The van der Waals surface area contributed by atoms with Crippen molar-refractivity contribution in [2.75, 3.05) is 5.32 Å². The summed E-state index contributed by atoms with van der Waals surface area (Å²) in [6, 6.07) is 23.5. The Bertz CT molecular complexity index is 1120. The van der Waals surface area contributed by atoms with E-state index in [2.05, 4.69) is 15.4 Å². The van der Waals surface area contributed by atoms with Gasteiger partial charge in [-0.05, 0) is 41.5 Å². The summed E-state index contributed by atoms with van der Waals surface area (Å²) >= 11 is 0. The quantitative estimate of drug-likeness (QED) is 0.525. The van der Waals surface area contributed by atoms with Gasteiger partial charge in [0.1, 0.15) is 0 Å². The maximum Gasteiger partial charge on any atom is 0.258 e. The van der Waals surface area contributed by atoms with Crippen molar-refractivity contribution >= 4 is 23.7 Å². The summed E-state index contributed by atoms with van der Waals surface area (Å²) in [5.74, 6) is -0.185. The number of rotatable bonds is 6. The van der Waals surface area contributed by atoms with Crippen LogP contribution in [-0.4, -0.2) is 20.7 Å². The Hall–Kier alpha value is -3.99. The molecule has 2 aromatic carbocycles. The predicted molar refractivity (Wildman–Crippen MR) is 115 cm³/mol. The molecule has 5 nitrogen and oxygen atoms in total. The van der Waals surface area contributed by atoms with E-state index in [4.69, 9.17) is 0 Å². The average Bonchev–Trinajstić information content (AvgIpc) is 3.23. The van der Waals surface area contributed by atoms with Crippen LogP contribution < -0.4 is 5.32 Å². The zero-order chi connectivity index (χ0) is 19.9. The van der Waals surface area contributed by atoms with Crippen molar-refractivity contribution in [1.29, 1.82) is 0 Å². The van der Waals surface area contributed by atoms with Crippen molar-refractivity contribution in [3.63, 3.8) is 0 Å². The average molecular weight is 380 g/mol. The molecule has 29 heavy (non-hydrogen) atoms. The van der Waals surface area contributed by atoms with Crippen molar-refractivity contribution in [2.45, 2.75) is 6.54 Å². The summed E-state index contributed by atoms with van der Waals surface area (Å²) in [4.78, 5) is 16.8. The Morgan fingerprint density at radius 3 is 2.66 bits per heavy atom. The summed E-state index contributed by atoms with van der Waals surface area (Å²) in [7, 11) is 0. The fraction of sp³-hybridized carbons (Fsp3) is 0.0417. The van der Waals surface area contributed by atoms with E-state index in [9.17, 15) is 4.79 Å². The Kier molecular flexibility index (Phi) is 5.58. The fourth-order valence-corrected chi connectivity index (χ4v) is 2.92. The number of hydrogen-bond acceptors (Lipinski definition) is 3. The van der Waals surface area contributed by atoms with E-state index in [1.807, 2.05) is 84.9 Å². The number of nitrogens with zero attached hydrogens (tertiary/aromatic N) is 3. The van der Waals surface area contributed by atoms with Crippen molar-refractivity contribution in [2.24, 2.45) is 0 Å². The molecule has 1 amide bonds. The van der Waals surface area contributed by atoms with E-state index in [0.29, 0.717) is 12.1 Å². The van der Waals surface area contributed by atoms with Gasteiger partial charge in [0.15, 0.2) is 0 Å². The van der Waals surface area contributed by atoms with Crippen LogP contribution >= 0.6 is 0 Å². The molecule has 0 atom stereocenters. The number of pyridine rings is 1. The van der Waals surface area contributed by atoms with Gasteiger partial charge in [0.05, 0.1) is 24.0 Å². The predicted octanol–water partition coefficient (Wildman–Crippen LogP) is 4.75. The molecule has 0 fully saturated rings. The highest BCUT2D eigenvalue weighted by Gasteiger charge is 2.09. The molecule has 4 rings (SSSR count). The second kappa shape index (κ2) is 8.80. The first-order chi connectivity index (χ1) is 14.3. The topological polar surface area (TPSA) is 59.8 Å². The standard InChI is InChI=1S/C24H20N4O/c29-24(21-16-26-28(18-21)17-20-7-2-1-3-8-20)27-23-11-6-9-19(15-23)12-13-22-10-4-5-14-25-22/h1-16,18H,17H2,(H,27,29)/b13-12+. The van der Waals surface area contributed by atoms with Gasteiger partial charge in [-0.15, -0.1) is 0 Å². The van der Waals surface area contributed by atoms with Gasteiger partial charge in [0.2, 0.25) is 0 Å². The van der Waals surface area contributed by atoms with Crippen LogP contribution in [0.1, 0.15) is 27.2 Å². The van der Waals surface area contributed by atoms with Crippen LogP contribution in [0.4, 0.5) is 5.69 Å². The Labute approximate surface area is 169 Å². The number of hydrogen-bond donors (Lipinski definition) is 1. The monoisotopic (exact) mass is 380 g/mol. The van der Waals surface area contributed by atoms with Gasteiger partial charge < -0.3 is 5.32 Å². The highest BCUT2D eigenvalue weighted by molar-refractivity contribution is 6.04. The molecule has 0 aliphatic carbocycles. The number of carbonyl (C=O) groups is 1. The van der Waals surface area contributed by atoms with Crippen molar-refractivity contribution < 1.29 is 4.79 Å². The largest absolute Gasteiger partial charge is 0.322 e. The number of carbonyl (C=O) groups excluding carboxylic acids is 1. The zero-order valence-electron chi connectivity index (χ0n) is 15.8. The maximum atomic E-state index is 12.6. The van der Waals surface area contributed by atoms with Gasteiger partial charge in [-0.3, -0.25) is 14.5 Å². The van der Waals surface area contributed by atoms with Gasteiger partial charge in [-0.25, -0.2) is 0 Å². The second-order valence-corrected chi connectivity index (χ2v) is 6.58. The van der Waals surface area contributed by atoms with Gasteiger partial charge >= 0.3 is 0 Å². The van der Waals surface area contributed by atoms with Crippen LogP contribution in [0, 0.1) is 0 Å². The summed E-state index contributed by atoms with van der Waals surface area (Å²) in [5.41, 5.74) is 4.25. The van der Waals surface area contributed by atoms with Crippen LogP contribution in [0.15, 0.2) is 91.4 Å². The highest BCUT2D eigenvalue weighted by atomic mass is 16.1. The molecule has 2 aromatic heterocycles. The van der Waals surface area contributed by atoms with E-state index in [0.717, 1.165) is 22.5 Å². The van der Waals surface area contributed by atoms with Gasteiger partial charge in [-0.2, -0.15) is 5.10 Å². The lowest BCUT2D eigenvalue weighted by Gasteiger charge is -2.05. The minimum Gasteiger partial charge on any atom is -0.322 e. The first kappa shape index (κ1) is 18.4. The number of amides is 1. The number of nitrogens with one attached hydrogen (secondary N) is 1. The summed E-state index contributed by atoms with van der Waals surface area (Å²) in [6.07, 6.45) is 9.01. The maximum absolute atomic E-state index is 12.6. The molecule has 0 aliphatic rings. The van der Waals surface area contributed by atoms with Crippen LogP contribution in [0.2, 0.25) is 0 Å². The lowest BCUT2D eigenvalue weighted by atomic mass is 10.1. The minimum atomic E-state index is -0.185. The molecular weight excluding hydrogens is 360 g/mol. The Balaban J connectivity index is 1.41. The SMILES string of the molecule is O=C(Nc1cccc(/C=C/c2ccccn2)c1)c1cnn(Cc2ccccc2)c1. The van der Waals surface area contributed by atoms with E-state index in [1.54, 1.807) is 23.3 Å². The lowest BCUT2D eigenvalue weighted by Crippen LogP contribution is -2.11. The molecule has 2 heterocycles. The molecule has 1 N–H and O–H groups in total. The molecule has 5 heteroatoms. The number of benzene rings is 2. The fourth-order valence-electron chi connectivity index (χ4n) is 2.92. The molecule has 0 unspecified atom stereocenters. The van der Waals surface area contributed by atoms with Crippen LogP contribution in [0.25, 0.3) is 12.2 Å². The van der Waals surface area contributed by atoms with Crippen LogP contribution in [-0.2, 0) is 6.54 Å². The summed E-state index contributed by atoms with van der Waals surface area (Å²) in [5, 5.41) is 7.22. The third kappa shape index (κ3) is 5.05. The summed E-state index contributed by atoms with van der Waals surface area (Å²) in [6.45, 7) is 0.627. The molecule has 0 radical (unpaired) electrons. The van der Waals surface area contributed by atoms with Crippen molar-refractivity contribution in [3.8, 4) is 0 Å². The van der Waals surface area contributed by atoms with Gasteiger partial charge in [-0.1, -0.05) is 54.6 Å². The van der Waals surface area contributed by atoms with E-state index in [1.165, 1.54) is 0 Å².